The van der Waals surface area contributed by atoms with E-state index in [9.17, 15) is 0 Å². The Morgan fingerprint density at radius 3 is 2.46 bits per heavy atom. The number of rotatable bonds is 5. The third-order valence-electron chi connectivity index (χ3n) is 4.53. The summed E-state index contributed by atoms with van der Waals surface area (Å²) in [6.45, 7) is 0. The van der Waals surface area contributed by atoms with Gasteiger partial charge in [-0.15, -0.1) is 0 Å². The van der Waals surface area contributed by atoms with Gasteiger partial charge in [-0.2, -0.15) is 5.10 Å². The van der Waals surface area contributed by atoms with Crippen molar-refractivity contribution in [2.45, 2.75) is 6.42 Å². The summed E-state index contributed by atoms with van der Waals surface area (Å²) in [4.78, 5) is 0. The molecule has 0 atom stereocenters. The Bertz CT molecular complexity index is 984. The van der Waals surface area contributed by atoms with Gasteiger partial charge < -0.3 is 19.5 Å². The molecule has 0 bridgehead atoms. The molecule has 0 spiro atoms. The van der Waals surface area contributed by atoms with Gasteiger partial charge in [0.25, 0.3) is 0 Å². The maximum absolute atomic E-state index is 6.12. The molecule has 0 saturated carbocycles. The fourth-order valence-electron chi connectivity index (χ4n) is 3.26. The Kier molecular flexibility index (Phi) is 4.12. The van der Waals surface area contributed by atoms with E-state index in [0.717, 1.165) is 46.1 Å². The maximum Gasteiger partial charge on any atom is 0.161 e. The Balaban J connectivity index is 1.72. The van der Waals surface area contributed by atoms with Crippen LogP contribution in [0.5, 0.6) is 17.2 Å². The van der Waals surface area contributed by atoms with Crippen LogP contribution in [0.25, 0.3) is 11.3 Å². The van der Waals surface area contributed by atoms with Gasteiger partial charge in [0.1, 0.15) is 5.75 Å². The Morgan fingerprint density at radius 2 is 1.73 bits per heavy atom. The summed E-state index contributed by atoms with van der Waals surface area (Å²) in [7, 11) is 4.89. The van der Waals surface area contributed by atoms with Gasteiger partial charge in [-0.05, 0) is 35.9 Å². The monoisotopic (exact) mass is 371 g/mol. The Morgan fingerprint density at radius 1 is 1.00 bits per heavy atom. The standard InChI is InChI=1S/C19H18ClN3O3/c1-24-15-5-4-11(20)8-14(15)21-19-13-6-10-7-16(25-2)17(26-3)9-12(10)18(13)22-23-19/h4-5,7-9H,6H2,1-3H3,(H2,21,22,23). The largest absolute Gasteiger partial charge is 0.495 e. The van der Waals surface area contributed by atoms with Crippen molar-refractivity contribution in [2.75, 3.05) is 26.6 Å². The van der Waals surface area contributed by atoms with Crippen LogP contribution in [-0.4, -0.2) is 31.5 Å². The van der Waals surface area contributed by atoms with Gasteiger partial charge in [-0.3, -0.25) is 5.10 Å². The highest BCUT2D eigenvalue weighted by atomic mass is 35.5. The summed E-state index contributed by atoms with van der Waals surface area (Å²) in [6, 6.07) is 9.40. The van der Waals surface area contributed by atoms with E-state index >= 15 is 0 Å². The average molecular weight is 372 g/mol. The van der Waals surface area contributed by atoms with Gasteiger partial charge in [-0.1, -0.05) is 11.6 Å². The average Bonchev–Trinajstić information content (AvgIpc) is 3.20. The van der Waals surface area contributed by atoms with Crippen molar-refractivity contribution in [3.8, 4) is 28.5 Å². The van der Waals surface area contributed by atoms with E-state index in [-0.39, 0.29) is 0 Å². The van der Waals surface area contributed by atoms with Crippen molar-refractivity contribution in [3.05, 3.63) is 46.5 Å². The highest BCUT2D eigenvalue weighted by molar-refractivity contribution is 6.31. The lowest BCUT2D eigenvalue weighted by molar-refractivity contribution is 0.355. The number of nitrogens with zero attached hydrogens (tertiary/aromatic N) is 1. The second-order valence-corrected chi connectivity index (χ2v) is 6.37. The maximum atomic E-state index is 6.12. The first-order valence-electron chi connectivity index (χ1n) is 8.07. The molecule has 4 rings (SSSR count). The molecule has 1 aliphatic carbocycles. The summed E-state index contributed by atoms with van der Waals surface area (Å²) in [6.07, 6.45) is 0.743. The lowest BCUT2D eigenvalue weighted by Gasteiger charge is -2.11. The first kappa shape index (κ1) is 16.6. The number of hydrogen-bond acceptors (Lipinski definition) is 5. The predicted molar refractivity (Wildman–Crippen MR) is 101 cm³/mol. The third kappa shape index (κ3) is 2.63. The van der Waals surface area contributed by atoms with Crippen molar-refractivity contribution in [1.82, 2.24) is 10.2 Å². The fourth-order valence-corrected chi connectivity index (χ4v) is 3.43. The number of aromatic nitrogens is 2. The SMILES string of the molecule is COc1ccc(Cl)cc1Nc1n[nH]c2c1Cc1cc(OC)c(OC)cc1-2. The zero-order valence-corrected chi connectivity index (χ0v) is 15.4. The van der Waals surface area contributed by atoms with Crippen LogP contribution in [0.4, 0.5) is 11.5 Å². The summed E-state index contributed by atoms with van der Waals surface area (Å²) in [5.74, 6) is 2.86. The van der Waals surface area contributed by atoms with E-state index in [2.05, 4.69) is 15.5 Å². The Labute approximate surface area is 156 Å². The molecule has 2 N–H and O–H groups in total. The van der Waals surface area contributed by atoms with E-state index < -0.39 is 0 Å². The summed E-state index contributed by atoms with van der Waals surface area (Å²) >= 11 is 6.12. The van der Waals surface area contributed by atoms with Crippen LogP contribution in [0.15, 0.2) is 30.3 Å². The molecule has 0 unspecified atom stereocenters. The number of fused-ring (bicyclic) bond motifs is 3. The van der Waals surface area contributed by atoms with Crippen LogP contribution in [0, 0.1) is 0 Å². The number of halogens is 1. The van der Waals surface area contributed by atoms with Crippen LogP contribution in [0.1, 0.15) is 11.1 Å². The molecule has 0 fully saturated rings. The molecule has 7 heteroatoms. The predicted octanol–water partition coefficient (Wildman–Crippen LogP) is 4.40. The minimum absolute atomic E-state index is 0.623. The zero-order valence-electron chi connectivity index (χ0n) is 14.6. The first-order valence-corrected chi connectivity index (χ1v) is 8.45. The van der Waals surface area contributed by atoms with Gasteiger partial charge >= 0.3 is 0 Å². The minimum atomic E-state index is 0.623. The van der Waals surface area contributed by atoms with Crippen LogP contribution in [0.2, 0.25) is 5.02 Å². The molecule has 0 radical (unpaired) electrons. The molecule has 1 aliphatic rings. The van der Waals surface area contributed by atoms with Crippen molar-refractivity contribution < 1.29 is 14.2 Å². The van der Waals surface area contributed by atoms with E-state index in [0.29, 0.717) is 16.5 Å². The molecule has 0 amide bonds. The highest BCUT2D eigenvalue weighted by Gasteiger charge is 2.27. The number of aromatic amines is 1. The van der Waals surface area contributed by atoms with Crippen LogP contribution >= 0.6 is 11.6 Å². The molecule has 3 aromatic rings. The molecule has 2 aromatic carbocycles. The summed E-state index contributed by atoms with van der Waals surface area (Å²) in [5.41, 5.74) is 5.05. The lowest BCUT2D eigenvalue weighted by atomic mass is 10.1. The lowest BCUT2D eigenvalue weighted by Crippen LogP contribution is -1.98. The topological polar surface area (TPSA) is 68.4 Å². The molecule has 26 heavy (non-hydrogen) atoms. The van der Waals surface area contributed by atoms with E-state index in [1.54, 1.807) is 27.4 Å². The van der Waals surface area contributed by atoms with E-state index in [1.807, 2.05) is 24.3 Å². The number of anilines is 2. The number of benzene rings is 2. The van der Waals surface area contributed by atoms with Crippen LogP contribution in [-0.2, 0) is 6.42 Å². The zero-order chi connectivity index (χ0) is 18.3. The molecule has 1 aromatic heterocycles. The molecule has 1 heterocycles. The first-order chi connectivity index (χ1) is 12.6. The van der Waals surface area contributed by atoms with Crippen molar-refractivity contribution in [1.29, 1.82) is 0 Å². The highest BCUT2D eigenvalue weighted by Crippen LogP contribution is 2.44. The van der Waals surface area contributed by atoms with Crippen molar-refractivity contribution in [2.24, 2.45) is 0 Å². The normalized spacial score (nSPS) is 11.7. The van der Waals surface area contributed by atoms with Gasteiger partial charge in [0.15, 0.2) is 17.3 Å². The van der Waals surface area contributed by atoms with Gasteiger partial charge in [-0.25, -0.2) is 0 Å². The Hall–Kier alpha value is -2.86. The number of ether oxygens (including phenoxy) is 3. The van der Waals surface area contributed by atoms with E-state index in [1.165, 1.54) is 0 Å². The summed E-state index contributed by atoms with van der Waals surface area (Å²) in [5, 5.41) is 11.5. The van der Waals surface area contributed by atoms with E-state index in [4.69, 9.17) is 25.8 Å². The van der Waals surface area contributed by atoms with Crippen molar-refractivity contribution in [3.63, 3.8) is 0 Å². The number of H-pyrrole nitrogens is 1. The fraction of sp³-hybridized carbons (Fsp3) is 0.211. The van der Waals surface area contributed by atoms with Gasteiger partial charge in [0.05, 0.1) is 32.7 Å². The number of methoxy groups -OCH3 is 3. The molecule has 0 aliphatic heterocycles. The van der Waals surface area contributed by atoms with Gasteiger partial charge in [0.2, 0.25) is 0 Å². The molecular formula is C19H18ClN3O3. The molecule has 134 valence electrons. The smallest absolute Gasteiger partial charge is 0.161 e. The van der Waals surface area contributed by atoms with Crippen LogP contribution < -0.4 is 19.5 Å². The molecule has 6 nitrogen and oxygen atoms in total. The van der Waals surface area contributed by atoms with Gasteiger partial charge in [0, 0.05) is 22.6 Å². The quantitative estimate of drug-likeness (QED) is 0.544. The number of nitrogens with one attached hydrogen (secondary N) is 2. The second kappa shape index (κ2) is 6.46. The second-order valence-electron chi connectivity index (χ2n) is 5.94. The summed E-state index contributed by atoms with van der Waals surface area (Å²) < 4.78 is 16.2. The number of hydrogen-bond donors (Lipinski definition) is 2. The molecular weight excluding hydrogens is 354 g/mol. The van der Waals surface area contributed by atoms with Crippen LogP contribution in [0.3, 0.4) is 0 Å². The third-order valence-corrected chi connectivity index (χ3v) is 4.76. The van der Waals surface area contributed by atoms with Crippen molar-refractivity contribution >= 4 is 23.1 Å². The minimum Gasteiger partial charge on any atom is -0.495 e. The molecule has 0 saturated heterocycles.